The van der Waals surface area contributed by atoms with E-state index in [9.17, 15) is 23.1 Å². The van der Waals surface area contributed by atoms with Crippen LogP contribution in [0.5, 0.6) is 0 Å². The Balaban J connectivity index is 1.85. The molecule has 0 spiro atoms. The zero-order chi connectivity index (χ0) is 21.4. The first-order valence-corrected chi connectivity index (χ1v) is 9.30. The predicted molar refractivity (Wildman–Crippen MR) is 105 cm³/mol. The van der Waals surface area contributed by atoms with Crippen molar-refractivity contribution >= 4 is 11.8 Å². The number of hydrogen-bond acceptors (Lipinski definition) is 4. The molecule has 2 aromatic rings. The van der Waals surface area contributed by atoms with Crippen LogP contribution < -0.4 is 10.6 Å². The minimum absolute atomic E-state index is 0.0145. The van der Waals surface area contributed by atoms with E-state index in [2.05, 4.69) is 10.6 Å². The van der Waals surface area contributed by atoms with Crippen molar-refractivity contribution in [2.75, 3.05) is 18.5 Å². The lowest BCUT2D eigenvalue weighted by atomic mass is 10.0. The SMILES string of the molecule is CCOC(=O)Nc1ccc(CC(C)NCC(O)c2cccc(C(F)(F)F)c2)cc1. The van der Waals surface area contributed by atoms with Crippen LogP contribution in [0.15, 0.2) is 48.5 Å². The van der Waals surface area contributed by atoms with E-state index in [-0.39, 0.29) is 18.2 Å². The largest absolute Gasteiger partial charge is 0.450 e. The highest BCUT2D eigenvalue weighted by molar-refractivity contribution is 5.84. The van der Waals surface area contributed by atoms with Gasteiger partial charge in [0.2, 0.25) is 0 Å². The summed E-state index contributed by atoms with van der Waals surface area (Å²) in [6.45, 7) is 4.06. The summed E-state index contributed by atoms with van der Waals surface area (Å²) < 4.78 is 43.2. The van der Waals surface area contributed by atoms with Gasteiger partial charge >= 0.3 is 12.3 Å². The second-order valence-corrected chi connectivity index (χ2v) is 6.69. The molecule has 0 aliphatic heterocycles. The van der Waals surface area contributed by atoms with Crippen LogP contribution in [0.3, 0.4) is 0 Å². The second kappa shape index (κ2) is 10.3. The minimum Gasteiger partial charge on any atom is -0.450 e. The first-order chi connectivity index (χ1) is 13.7. The summed E-state index contributed by atoms with van der Waals surface area (Å²) in [4.78, 5) is 11.4. The first kappa shape index (κ1) is 22.7. The number of anilines is 1. The summed E-state index contributed by atoms with van der Waals surface area (Å²) in [5.41, 5.74) is 1.06. The fraction of sp³-hybridized carbons (Fsp3) is 0.381. The maximum atomic E-state index is 12.8. The summed E-state index contributed by atoms with van der Waals surface area (Å²) in [6, 6.07) is 11.9. The molecular formula is C21H25F3N2O3. The van der Waals surface area contributed by atoms with Crippen LogP contribution in [-0.4, -0.2) is 30.4 Å². The number of carbonyl (C=O) groups excluding carboxylic acids is 1. The number of alkyl halides is 3. The highest BCUT2D eigenvalue weighted by atomic mass is 19.4. The molecule has 2 rings (SSSR count). The average molecular weight is 410 g/mol. The molecule has 0 radical (unpaired) electrons. The van der Waals surface area contributed by atoms with Gasteiger partial charge in [0.15, 0.2) is 0 Å². The third kappa shape index (κ3) is 7.40. The molecule has 8 heteroatoms. The lowest BCUT2D eigenvalue weighted by molar-refractivity contribution is -0.137. The van der Waals surface area contributed by atoms with E-state index in [1.165, 1.54) is 12.1 Å². The van der Waals surface area contributed by atoms with Gasteiger partial charge in [0.1, 0.15) is 0 Å². The van der Waals surface area contributed by atoms with Gasteiger partial charge in [-0.3, -0.25) is 5.32 Å². The Bertz CT molecular complexity index is 795. The lowest BCUT2D eigenvalue weighted by Gasteiger charge is -2.18. The van der Waals surface area contributed by atoms with Crippen molar-refractivity contribution in [3.63, 3.8) is 0 Å². The van der Waals surface area contributed by atoms with Gasteiger partial charge in [-0.05, 0) is 55.7 Å². The number of hydrogen-bond donors (Lipinski definition) is 3. The molecule has 0 bridgehead atoms. The van der Waals surface area contributed by atoms with Crippen molar-refractivity contribution in [2.45, 2.75) is 38.6 Å². The van der Waals surface area contributed by atoms with E-state index in [0.717, 1.165) is 17.7 Å². The molecule has 0 heterocycles. The van der Waals surface area contributed by atoms with Gasteiger partial charge < -0.3 is 15.2 Å². The highest BCUT2D eigenvalue weighted by Crippen LogP contribution is 2.30. The molecule has 0 aromatic heterocycles. The molecule has 158 valence electrons. The molecule has 0 aliphatic carbocycles. The standard InChI is InChI=1S/C21H25F3N2O3/c1-3-29-20(28)26-18-9-7-15(8-10-18)11-14(2)25-13-19(27)16-5-4-6-17(12-16)21(22,23)24/h4-10,12,14,19,25,27H,3,11,13H2,1-2H3,(H,26,28). The quantitative estimate of drug-likeness (QED) is 0.598. The van der Waals surface area contributed by atoms with Crippen molar-refractivity contribution in [3.8, 4) is 0 Å². The predicted octanol–water partition coefficient (Wildman–Crippen LogP) is 4.53. The lowest BCUT2D eigenvalue weighted by Crippen LogP contribution is -2.32. The number of halogens is 3. The van der Waals surface area contributed by atoms with Gasteiger partial charge in [-0.15, -0.1) is 0 Å². The molecule has 5 nitrogen and oxygen atoms in total. The summed E-state index contributed by atoms with van der Waals surface area (Å²) in [6.07, 6.45) is -5.35. The molecule has 2 atom stereocenters. The summed E-state index contributed by atoms with van der Waals surface area (Å²) in [7, 11) is 0. The van der Waals surface area contributed by atoms with Gasteiger partial charge in [0.25, 0.3) is 0 Å². The second-order valence-electron chi connectivity index (χ2n) is 6.69. The Morgan fingerprint density at radius 2 is 1.86 bits per heavy atom. The maximum absolute atomic E-state index is 12.8. The van der Waals surface area contributed by atoms with Crippen LogP contribution >= 0.6 is 0 Å². The molecule has 2 unspecified atom stereocenters. The Labute approximate surface area is 167 Å². The van der Waals surface area contributed by atoms with Crippen molar-refractivity contribution in [1.29, 1.82) is 0 Å². The summed E-state index contributed by atoms with van der Waals surface area (Å²) in [5.74, 6) is 0. The molecular weight excluding hydrogens is 385 g/mol. The topological polar surface area (TPSA) is 70.6 Å². The van der Waals surface area contributed by atoms with E-state index in [4.69, 9.17) is 4.74 Å². The number of ether oxygens (including phenoxy) is 1. The number of rotatable bonds is 8. The first-order valence-electron chi connectivity index (χ1n) is 9.30. The van der Waals surface area contributed by atoms with Crippen molar-refractivity contribution in [2.24, 2.45) is 0 Å². The monoisotopic (exact) mass is 410 g/mol. The number of nitrogens with one attached hydrogen (secondary N) is 2. The summed E-state index contributed by atoms with van der Waals surface area (Å²) >= 11 is 0. The number of carbonyl (C=O) groups is 1. The molecule has 29 heavy (non-hydrogen) atoms. The average Bonchev–Trinajstić information content (AvgIpc) is 2.67. The van der Waals surface area contributed by atoms with E-state index in [0.29, 0.717) is 18.7 Å². The van der Waals surface area contributed by atoms with E-state index in [1.807, 2.05) is 19.1 Å². The molecule has 0 aliphatic rings. The Hall–Kier alpha value is -2.58. The zero-order valence-electron chi connectivity index (χ0n) is 16.3. The van der Waals surface area contributed by atoms with Gasteiger partial charge in [0, 0.05) is 18.3 Å². The van der Waals surface area contributed by atoms with Gasteiger partial charge in [0.05, 0.1) is 18.3 Å². The smallest absolute Gasteiger partial charge is 0.416 e. The Morgan fingerprint density at radius 1 is 1.17 bits per heavy atom. The number of benzene rings is 2. The normalized spacial score (nSPS) is 13.6. The van der Waals surface area contributed by atoms with Gasteiger partial charge in [-0.1, -0.05) is 24.3 Å². The molecule has 0 saturated heterocycles. The molecule has 0 saturated carbocycles. The third-order valence-electron chi connectivity index (χ3n) is 4.28. The fourth-order valence-corrected chi connectivity index (χ4v) is 2.79. The highest BCUT2D eigenvalue weighted by Gasteiger charge is 2.30. The van der Waals surface area contributed by atoms with Crippen molar-refractivity contribution < 1.29 is 27.8 Å². The van der Waals surface area contributed by atoms with Crippen LogP contribution in [0.25, 0.3) is 0 Å². The number of amides is 1. The Kier molecular flexibility index (Phi) is 8.04. The number of aliphatic hydroxyl groups is 1. The fourth-order valence-electron chi connectivity index (χ4n) is 2.79. The van der Waals surface area contributed by atoms with Crippen LogP contribution in [0.4, 0.5) is 23.7 Å². The van der Waals surface area contributed by atoms with Crippen LogP contribution in [0.1, 0.15) is 36.6 Å². The summed E-state index contributed by atoms with van der Waals surface area (Å²) in [5, 5.41) is 15.9. The molecule has 1 amide bonds. The van der Waals surface area contributed by atoms with E-state index < -0.39 is 23.9 Å². The van der Waals surface area contributed by atoms with Crippen molar-refractivity contribution in [1.82, 2.24) is 5.32 Å². The number of aliphatic hydroxyl groups excluding tert-OH is 1. The van der Waals surface area contributed by atoms with Crippen LogP contribution in [-0.2, 0) is 17.3 Å². The van der Waals surface area contributed by atoms with Crippen molar-refractivity contribution in [3.05, 3.63) is 65.2 Å². The molecule has 2 aromatic carbocycles. The third-order valence-corrected chi connectivity index (χ3v) is 4.28. The van der Waals surface area contributed by atoms with Crippen LogP contribution in [0, 0.1) is 0 Å². The van der Waals surface area contributed by atoms with Gasteiger partial charge in [-0.25, -0.2) is 4.79 Å². The van der Waals surface area contributed by atoms with E-state index in [1.54, 1.807) is 19.1 Å². The minimum atomic E-state index is -4.44. The molecule has 0 fully saturated rings. The zero-order valence-corrected chi connectivity index (χ0v) is 16.3. The Morgan fingerprint density at radius 3 is 2.48 bits per heavy atom. The van der Waals surface area contributed by atoms with Gasteiger partial charge in [-0.2, -0.15) is 13.2 Å². The van der Waals surface area contributed by atoms with E-state index >= 15 is 0 Å². The molecule has 3 N–H and O–H groups in total. The van der Waals surface area contributed by atoms with Crippen LogP contribution in [0.2, 0.25) is 0 Å². The maximum Gasteiger partial charge on any atom is 0.416 e.